The summed E-state index contributed by atoms with van der Waals surface area (Å²) in [5.41, 5.74) is 0.311. The van der Waals surface area contributed by atoms with Crippen LogP contribution in [-0.4, -0.2) is 39.2 Å². The molecule has 170 valence electrons. The van der Waals surface area contributed by atoms with Crippen LogP contribution in [0, 0.1) is 17.7 Å². The molecule has 3 atom stereocenters. The van der Waals surface area contributed by atoms with E-state index in [1.165, 1.54) is 10.6 Å². The molecule has 1 amide bonds. The summed E-state index contributed by atoms with van der Waals surface area (Å²) < 4.78 is 14.9. The number of pyridine rings is 1. The van der Waals surface area contributed by atoms with E-state index < -0.39 is 29.4 Å². The van der Waals surface area contributed by atoms with Gasteiger partial charge in [0.25, 0.3) is 11.5 Å². The molecule has 0 bridgehead atoms. The summed E-state index contributed by atoms with van der Waals surface area (Å²) in [6.45, 7) is 0.447. The number of nitrogens with one attached hydrogen (secondary N) is 1. The molecular formula is C23H25ClFN3O4. The van der Waals surface area contributed by atoms with Gasteiger partial charge in [0.15, 0.2) is 5.75 Å². The largest absolute Gasteiger partial charge is 0.503 e. The maximum absolute atomic E-state index is 13.4. The first-order chi connectivity index (χ1) is 15.3. The number of benzene rings is 1. The SMILES string of the molecule is CN(CCc1c(CO)c(O)c(=O)n2c1C(=O)NC21CCC2CC21)Cc1ccc(F)c(Cl)c1. The minimum atomic E-state index is -0.759. The zero-order chi connectivity index (χ0) is 22.8. The van der Waals surface area contributed by atoms with Crippen molar-refractivity contribution in [3.63, 3.8) is 0 Å². The van der Waals surface area contributed by atoms with Gasteiger partial charge >= 0.3 is 0 Å². The number of aliphatic hydroxyl groups excluding tert-OH is 1. The molecule has 5 rings (SSSR count). The Morgan fingerprint density at radius 3 is 2.75 bits per heavy atom. The molecule has 2 saturated carbocycles. The number of aliphatic hydroxyl groups is 1. The average Bonchev–Trinajstić information content (AvgIpc) is 3.39. The van der Waals surface area contributed by atoms with Gasteiger partial charge in [0.1, 0.15) is 17.2 Å². The number of amides is 1. The van der Waals surface area contributed by atoms with Gasteiger partial charge in [0.05, 0.1) is 11.6 Å². The number of halogens is 2. The highest BCUT2D eigenvalue weighted by Gasteiger charge is 2.63. The van der Waals surface area contributed by atoms with Gasteiger partial charge in [-0.2, -0.15) is 0 Å². The Hall–Kier alpha value is -2.42. The van der Waals surface area contributed by atoms with Gasteiger partial charge in [0.2, 0.25) is 0 Å². The molecule has 2 fully saturated rings. The molecule has 3 aliphatic rings. The summed E-state index contributed by atoms with van der Waals surface area (Å²) in [4.78, 5) is 28.1. The smallest absolute Gasteiger partial charge is 0.295 e. The Morgan fingerprint density at radius 1 is 1.34 bits per heavy atom. The fourth-order valence-electron chi connectivity index (χ4n) is 5.63. The summed E-state index contributed by atoms with van der Waals surface area (Å²) in [7, 11) is 1.87. The first-order valence-corrected chi connectivity index (χ1v) is 11.2. The lowest BCUT2D eigenvalue weighted by atomic mass is 9.99. The molecule has 2 aliphatic carbocycles. The number of carbonyl (C=O) groups is 1. The molecule has 0 radical (unpaired) electrons. The molecule has 2 aromatic rings. The molecule has 1 spiro atoms. The molecule has 7 nitrogen and oxygen atoms in total. The minimum absolute atomic E-state index is 0.0561. The number of fused-ring (bicyclic) bond motifs is 4. The Labute approximate surface area is 189 Å². The van der Waals surface area contributed by atoms with E-state index in [9.17, 15) is 24.2 Å². The van der Waals surface area contributed by atoms with Crippen molar-refractivity contribution in [3.05, 3.63) is 61.8 Å². The van der Waals surface area contributed by atoms with Gasteiger partial charge in [-0.15, -0.1) is 0 Å². The third-order valence-electron chi connectivity index (χ3n) is 7.28. The molecule has 9 heteroatoms. The second-order valence-electron chi connectivity index (χ2n) is 9.21. The zero-order valence-electron chi connectivity index (χ0n) is 17.7. The first-order valence-electron chi connectivity index (χ1n) is 10.8. The lowest BCUT2D eigenvalue weighted by molar-refractivity contribution is 0.0904. The van der Waals surface area contributed by atoms with Gasteiger partial charge < -0.3 is 20.4 Å². The Balaban J connectivity index is 1.46. The molecule has 1 aromatic heterocycles. The number of hydrogen-bond donors (Lipinski definition) is 3. The van der Waals surface area contributed by atoms with E-state index in [-0.39, 0.29) is 28.1 Å². The van der Waals surface area contributed by atoms with Gasteiger partial charge in [-0.25, -0.2) is 4.39 Å². The third kappa shape index (κ3) is 3.16. The van der Waals surface area contributed by atoms with E-state index in [1.54, 1.807) is 12.1 Å². The molecule has 3 unspecified atom stereocenters. The Kier molecular flexibility index (Phi) is 5.07. The van der Waals surface area contributed by atoms with Crippen LogP contribution in [0.4, 0.5) is 4.39 Å². The first kappa shape index (κ1) is 21.4. The van der Waals surface area contributed by atoms with Crippen LogP contribution in [0.2, 0.25) is 5.02 Å². The maximum Gasteiger partial charge on any atom is 0.295 e. The van der Waals surface area contributed by atoms with Gasteiger partial charge in [-0.3, -0.25) is 14.2 Å². The standard InChI is InChI=1S/C23H25ClFN3O4/c1-27(10-12-2-3-18(25)17(24)8-12)7-5-14-15(11-29)20(30)22(32)28-19(14)21(31)26-23(28)6-4-13-9-16(13)23/h2-3,8,13,16,29-30H,4-7,9-11H2,1H3,(H,26,31). The van der Waals surface area contributed by atoms with Crippen molar-refractivity contribution in [2.45, 2.75) is 44.5 Å². The highest BCUT2D eigenvalue weighted by atomic mass is 35.5. The summed E-state index contributed by atoms with van der Waals surface area (Å²) in [5, 5.41) is 23.7. The summed E-state index contributed by atoms with van der Waals surface area (Å²) in [6, 6.07) is 4.55. The number of nitrogens with zero attached hydrogens (tertiary/aromatic N) is 2. The Morgan fingerprint density at radius 2 is 2.12 bits per heavy atom. The fourth-order valence-corrected chi connectivity index (χ4v) is 5.84. The predicted molar refractivity (Wildman–Crippen MR) is 116 cm³/mol. The normalized spacial score (nSPS) is 25.3. The van der Waals surface area contributed by atoms with Crippen LogP contribution in [0.25, 0.3) is 0 Å². The molecule has 1 aliphatic heterocycles. The Bertz CT molecular complexity index is 1180. The number of carbonyl (C=O) groups excluding carboxylic acids is 1. The highest BCUT2D eigenvalue weighted by Crippen LogP contribution is 2.61. The van der Waals surface area contributed by atoms with E-state index in [0.29, 0.717) is 37.4 Å². The van der Waals surface area contributed by atoms with Crippen LogP contribution in [0.3, 0.4) is 0 Å². The lowest BCUT2D eigenvalue weighted by Gasteiger charge is -2.29. The molecule has 0 saturated heterocycles. The fraction of sp³-hybridized carbons (Fsp3) is 0.478. The maximum atomic E-state index is 13.4. The van der Waals surface area contributed by atoms with E-state index in [0.717, 1.165) is 18.4 Å². The summed E-state index contributed by atoms with van der Waals surface area (Å²) >= 11 is 5.87. The molecule has 1 aromatic carbocycles. The van der Waals surface area contributed by atoms with Crippen molar-refractivity contribution in [1.82, 2.24) is 14.8 Å². The number of aromatic nitrogens is 1. The van der Waals surface area contributed by atoms with E-state index in [1.807, 2.05) is 11.9 Å². The van der Waals surface area contributed by atoms with Crippen molar-refractivity contribution in [2.24, 2.45) is 11.8 Å². The van der Waals surface area contributed by atoms with Crippen molar-refractivity contribution in [3.8, 4) is 5.75 Å². The monoisotopic (exact) mass is 461 g/mol. The minimum Gasteiger partial charge on any atom is -0.503 e. The van der Waals surface area contributed by atoms with Crippen LogP contribution in [0.15, 0.2) is 23.0 Å². The summed E-state index contributed by atoms with van der Waals surface area (Å²) in [6.07, 6.45) is 2.93. The summed E-state index contributed by atoms with van der Waals surface area (Å²) in [5.74, 6) is -0.573. The van der Waals surface area contributed by atoms with Crippen molar-refractivity contribution in [1.29, 1.82) is 0 Å². The predicted octanol–water partition coefficient (Wildman–Crippen LogP) is 2.34. The van der Waals surface area contributed by atoms with Gasteiger partial charge in [-0.1, -0.05) is 17.7 Å². The molecular weight excluding hydrogens is 437 g/mol. The quantitative estimate of drug-likeness (QED) is 0.614. The number of rotatable bonds is 6. The topological polar surface area (TPSA) is 94.8 Å². The molecule has 3 N–H and O–H groups in total. The highest BCUT2D eigenvalue weighted by molar-refractivity contribution is 6.30. The van der Waals surface area contributed by atoms with Crippen LogP contribution in [0.5, 0.6) is 5.75 Å². The van der Waals surface area contributed by atoms with Crippen molar-refractivity contribution < 1.29 is 19.4 Å². The number of hydrogen-bond acceptors (Lipinski definition) is 5. The molecule has 32 heavy (non-hydrogen) atoms. The lowest BCUT2D eigenvalue weighted by Crippen LogP contribution is -2.47. The van der Waals surface area contributed by atoms with E-state index in [4.69, 9.17) is 11.6 Å². The van der Waals surface area contributed by atoms with Crippen LogP contribution in [-0.2, 0) is 25.2 Å². The number of likely N-dealkylation sites (N-methyl/N-ethyl adjacent to an activating group) is 1. The van der Waals surface area contributed by atoms with Gasteiger partial charge in [0, 0.05) is 24.6 Å². The second kappa shape index (κ2) is 7.57. The molecule has 2 heterocycles. The van der Waals surface area contributed by atoms with E-state index >= 15 is 0 Å². The van der Waals surface area contributed by atoms with Crippen molar-refractivity contribution in [2.75, 3.05) is 13.6 Å². The van der Waals surface area contributed by atoms with Crippen LogP contribution >= 0.6 is 11.6 Å². The zero-order valence-corrected chi connectivity index (χ0v) is 18.5. The third-order valence-corrected chi connectivity index (χ3v) is 7.57. The average molecular weight is 462 g/mol. The van der Waals surface area contributed by atoms with Crippen molar-refractivity contribution >= 4 is 17.5 Å². The van der Waals surface area contributed by atoms with Crippen LogP contribution < -0.4 is 10.9 Å². The van der Waals surface area contributed by atoms with Gasteiger partial charge in [-0.05, 0) is 61.9 Å². The number of aromatic hydroxyl groups is 1. The van der Waals surface area contributed by atoms with E-state index in [2.05, 4.69) is 5.32 Å². The van der Waals surface area contributed by atoms with Crippen LogP contribution in [0.1, 0.15) is 46.4 Å². The second-order valence-corrected chi connectivity index (χ2v) is 9.62.